The van der Waals surface area contributed by atoms with Crippen LogP contribution in [0.3, 0.4) is 0 Å². The Hall–Kier alpha value is -1.58. The second-order valence-electron chi connectivity index (χ2n) is 4.86. The molecule has 0 heterocycles. The molecule has 3 nitrogen and oxygen atoms in total. The van der Waals surface area contributed by atoms with E-state index in [1.165, 1.54) is 19.2 Å². The maximum absolute atomic E-state index is 13.5. The van der Waals surface area contributed by atoms with Crippen molar-refractivity contribution in [1.82, 2.24) is 0 Å². The molecule has 4 heteroatoms. The summed E-state index contributed by atoms with van der Waals surface area (Å²) in [5.74, 6) is -0.461. The van der Waals surface area contributed by atoms with E-state index in [1.807, 2.05) is 6.92 Å². The smallest absolute Gasteiger partial charge is 0.303 e. The van der Waals surface area contributed by atoms with Gasteiger partial charge >= 0.3 is 5.97 Å². The maximum Gasteiger partial charge on any atom is 0.303 e. The number of ether oxygens (including phenoxy) is 1. The van der Waals surface area contributed by atoms with Gasteiger partial charge in [-0.15, -0.1) is 0 Å². The summed E-state index contributed by atoms with van der Waals surface area (Å²) in [5.41, 5.74) is 1.62. The second-order valence-corrected chi connectivity index (χ2v) is 4.86. The zero-order chi connectivity index (χ0) is 13.3. The number of carboxylic acid groups (broad SMARTS) is 1. The van der Waals surface area contributed by atoms with Gasteiger partial charge in [-0.1, -0.05) is 0 Å². The highest BCUT2D eigenvalue weighted by atomic mass is 19.1. The molecule has 1 aliphatic carbocycles. The van der Waals surface area contributed by atoms with E-state index in [1.54, 1.807) is 0 Å². The predicted molar refractivity (Wildman–Crippen MR) is 65.4 cm³/mol. The standard InChI is InChI=1S/C14H17FO3/c1-8-11(5-10(15)6-13(8)18-2)12(7-14(16)17)9-3-4-9/h5-6,9,12H,3-4,7H2,1-2H3,(H,16,17). The lowest BCUT2D eigenvalue weighted by molar-refractivity contribution is -0.137. The molecule has 1 fully saturated rings. The minimum absolute atomic E-state index is 0.0537. The molecule has 2 rings (SSSR count). The van der Waals surface area contributed by atoms with Gasteiger partial charge in [0.2, 0.25) is 0 Å². The van der Waals surface area contributed by atoms with Crippen molar-refractivity contribution in [2.24, 2.45) is 5.92 Å². The summed E-state index contributed by atoms with van der Waals surface area (Å²) >= 11 is 0. The summed E-state index contributed by atoms with van der Waals surface area (Å²) in [4.78, 5) is 10.9. The number of rotatable bonds is 5. The second kappa shape index (κ2) is 4.96. The number of methoxy groups -OCH3 is 1. The van der Waals surface area contributed by atoms with Crippen molar-refractivity contribution < 1.29 is 19.0 Å². The van der Waals surface area contributed by atoms with Gasteiger partial charge in [0.05, 0.1) is 13.5 Å². The van der Waals surface area contributed by atoms with Crippen LogP contribution in [0.5, 0.6) is 5.75 Å². The van der Waals surface area contributed by atoms with Crippen LogP contribution in [0.25, 0.3) is 0 Å². The minimum Gasteiger partial charge on any atom is -0.496 e. The summed E-state index contributed by atoms with van der Waals surface area (Å²) in [5, 5.41) is 8.98. The summed E-state index contributed by atoms with van der Waals surface area (Å²) in [6.07, 6.45) is 2.10. The monoisotopic (exact) mass is 252 g/mol. The lowest BCUT2D eigenvalue weighted by atomic mass is 9.87. The van der Waals surface area contributed by atoms with Crippen LogP contribution in [0.15, 0.2) is 12.1 Å². The summed E-state index contributed by atoms with van der Waals surface area (Å²) in [7, 11) is 1.49. The molecule has 1 atom stereocenters. The van der Waals surface area contributed by atoms with Gasteiger partial charge < -0.3 is 9.84 Å². The molecule has 18 heavy (non-hydrogen) atoms. The Kier molecular flexibility index (Phi) is 3.55. The van der Waals surface area contributed by atoms with E-state index in [2.05, 4.69) is 0 Å². The molecule has 1 saturated carbocycles. The highest BCUT2D eigenvalue weighted by Gasteiger charge is 2.35. The fourth-order valence-electron chi connectivity index (χ4n) is 2.49. The van der Waals surface area contributed by atoms with Crippen LogP contribution in [0.1, 0.15) is 36.3 Å². The number of carbonyl (C=O) groups is 1. The topological polar surface area (TPSA) is 46.5 Å². The maximum atomic E-state index is 13.5. The van der Waals surface area contributed by atoms with E-state index in [9.17, 15) is 9.18 Å². The average Bonchev–Trinajstić information content (AvgIpc) is 3.12. The normalized spacial score (nSPS) is 16.4. The van der Waals surface area contributed by atoms with Gasteiger partial charge in [-0.3, -0.25) is 4.79 Å². The third-order valence-electron chi connectivity index (χ3n) is 3.57. The molecule has 1 aromatic rings. The molecule has 0 aromatic heterocycles. The van der Waals surface area contributed by atoms with E-state index < -0.39 is 5.97 Å². The molecule has 1 unspecified atom stereocenters. The Morgan fingerprint density at radius 3 is 2.72 bits per heavy atom. The molecule has 1 aromatic carbocycles. The summed E-state index contributed by atoms with van der Waals surface area (Å²) < 4.78 is 18.7. The van der Waals surface area contributed by atoms with Crippen molar-refractivity contribution >= 4 is 5.97 Å². The quantitative estimate of drug-likeness (QED) is 0.875. The van der Waals surface area contributed by atoms with Gasteiger partial charge in [0.1, 0.15) is 11.6 Å². The van der Waals surface area contributed by atoms with Crippen molar-refractivity contribution in [3.63, 3.8) is 0 Å². The minimum atomic E-state index is -0.838. The van der Waals surface area contributed by atoms with Crippen molar-refractivity contribution in [3.8, 4) is 5.75 Å². The fraction of sp³-hybridized carbons (Fsp3) is 0.500. The Labute approximate surface area is 106 Å². The summed E-state index contributed by atoms with van der Waals surface area (Å²) in [6.45, 7) is 1.85. The molecule has 0 saturated heterocycles. The van der Waals surface area contributed by atoms with Crippen LogP contribution < -0.4 is 4.74 Å². The Morgan fingerprint density at radius 1 is 1.56 bits per heavy atom. The zero-order valence-corrected chi connectivity index (χ0v) is 10.6. The van der Waals surface area contributed by atoms with Gasteiger partial charge in [-0.2, -0.15) is 0 Å². The first-order chi connectivity index (χ1) is 8.52. The number of halogens is 1. The summed E-state index contributed by atoms with van der Waals surface area (Å²) in [6, 6.07) is 2.79. The first-order valence-corrected chi connectivity index (χ1v) is 6.08. The zero-order valence-electron chi connectivity index (χ0n) is 10.6. The lowest BCUT2D eigenvalue weighted by Gasteiger charge is -2.19. The average molecular weight is 252 g/mol. The van der Waals surface area contributed by atoms with Crippen molar-refractivity contribution in [2.75, 3.05) is 7.11 Å². The predicted octanol–water partition coefficient (Wildman–Crippen LogP) is 3.11. The van der Waals surface area contributed by atoms with Crippen LogP contribution in [0.2, 0.25) is 0 Å². The van der Waals surface area contributed by atoms with E-state index in [0.717, 1.165) is 24.0 Å². The van der Waals surface area contributed by atoms with Gasteiger partial charge in [-0.25, -0.2) is 4.39 Å². The SMILES string of the molecule is COc1cc(F)cc(C(CC(=O)O)C2CC2)c1C. The largest absolute Gasteiger partial charge is 0.496 e. The fourth-order valence-corrected chi connectivity index (χ4v) is 2.49. The highest BCUT2D eigenvalue weighted by Crippen LogP contribution is 2.46. The van der Waals surface area contributed by atoms with Crippen molar-refractivity contribution in [2.45, 2.75) is 32.1 Å². The lowest BCUT2D eigenvalue weighted by Crippen LogP contribution is -2.10. The molecule has 1 N–H and O–H groups in total. The van der Waals surface area contributed by atoms with Crippen LogP contribution in [-0.2, 0) is 4.79 Å². The number of hydrogen-bond donors (Lipinski definition) is 1. The molecule has 0 spiro atoms. The molecule has 98 valence electrons. The number of aliphatic carboxylic acids is 1. The van der Waals surface area contributed by atoms with E-state index in [-0.39, 0.29) is 18.2 Å². The highest BCUT2D eigenvalue weighted by molar-refractivity contribution is 5.68. The van der Waals surface area contributed by atoms with Crippen LogP contribution in [0, 0.1) is 18.7 Å². The molecule has 0 aliphatic heterocycles. The molecule has 0 bridgehead atoms. The Bertz CT molecular complexity index is 466. The van der Waals surface area contributed by atoms with Gasteiger partial charge in [-0.05, 0) is 48.8 Å². The van der Waals surface area contributed by atoms with Gasteiger partial charge in [0, 0.05) is 6.07 Å². The van der Waals surface area contributed by atoms with Crippen LogP contribution in [-0.4, -0.2) is 18.2 Å². The van der Waals surface area contributed by atoms with Crippen molar-refractivity contribution in [3.05, 3.63) is 29.1 Å². The number of benzene rings is 1. The molecule has 0 amide bonds. The number of hydrogen-bond acceptors (Lipinski definition) is 2. The Balaban J connectivity index is 2.40. The molecular weight excluding hydrogens is 235 g/mol. The van der Waals surface area contributed by atoms with E-state index in [0.29, 0.717) is 11.7 Å². The third-order valence-corrected chi connectivity index (χ3v) is 3.57. The van der Waals surface area contributed by atoms with Crippen LogP contribution >= 0.6 is 0 Å². The first kappa shape index (κ1) is 12.9. The number of carboxylic acids is 1. The molecular formula is C14H17FO3. The van der Waals surface area contributed by atoms with E-state index in [4.69, 9.17) is 9.84 Å². The van der Waals surface area contributed by atoms with Gasteiger partial charge in [0.25, 0.3) is 0 Å². The first-order valence-electron chi connectivity index (χ1n) is 6.08. The van der Waals surface area contributed by atoms with Crippen molar-refractivity contribution in [1.29, 1.82) is 0 Å². The molecule has 0 radical (unpaired) electrons. The van der Waals surface area contributed by atoms with E-state index >= 15 is 0 Å². The van der Waals surface area contributed by atoms with Crippen LogP contribution in [0.4, 0.5) is 4.39 Å². The Morgan fingerprint density at radius 2 is 2.22 bits per heavy atom. The van der Waals surface area contributed by atoms with Gasteiger partial charge in [0.15, 0.2) is 0 Å². The molecule has 1 aliphatic rings. The third kappa shape index (κ3) is 2.63.